The summed E-state index contributed by atoms with van der Waals surface area (Å²) in [7, 11) is 0. The molecule has 0 saturated carbocycles. The molecule has 0 amide bonds. The SMILES string of the molecule is CCc1ccc(-c2ncn(N)c2N)cc1. The molecule has 4 N–H and O–H groups in total. The van der Waals surface area contributed by atoms with Crippen molar-refractivity contribution < 1.29 is 0 Å². The van der Waals surface area contributed by atoms with Crippen molar-refractivity contribution in [3.05, 3.63) is 36.2 Å². The van der Waals surface area contributed by atoms with Gasteiger partial charge in [-0.15, -0.1) is 0 Å². The van der Waals surface area contributed by atoms with Crippen molar-refractivity contribution in [1.82, 2.24) is 9.66 Å². The summed E-state index contributed by atoms with van der Waals surface area (Å²) in [5, 5.41) is 0. The summed E-state index contributed by atoms with van der Waals surface area (Å²) < 4.78 is 1.32. The predicted molar refractivity (Wildman–Crippen MR) is 61.6 cm³/mol. The molecule has 2 rings (SSSR count). The molecule has 0 unspecified atom stereocenters. The molecule has 0 spiro atoms. The number of nitrogens with two attached hydrogens (primary N) is 2. The molecule has 0 aliphatic carbocycles. The lowest BCUT2D eigenvalue weighted by Crippen LogP contribution is -2.09. The first-order chi connectivity index (χ1) is 7.22. The molecule has 0 atom stereocenters. The minimum atomic E-state index is 0.485. The van der Waals surface area contributed by atoms with Crippen LogP contribution >= 0.6 is 0 Å². The van der Waals surface area contributed by atoms with E-state index in [0.29, 0.717) is 5.82 Å². The van der Waals surface area contributed by atoms with Crippen LogP contribution in [0.4, 0.5) is 5.82 Å². The Morgan fingerprint density at radius 3 is 2.40 bits per heavy atom. The summed E-state index contributed by atoms with van der Waals surface area (Å²) in [4.78, 5) is 4.15. The van der Waals surface area contributed by atoms with E-state index >= 15 is 0 Å². The van der Waals surface area contributed by atoms with Gasteiger partial charge in [-0.05, 0) is 12.0 Å². The Kier molecular flexibility index (Phi) is 2.33. The van der Waals surface area contributed by atoms with Crippen LogP contribution in [0, 0.1) is 0 Å². The Balaban J connectivity index is 2.41. The third-order valence-electron chi connectivity index (χ3n) is 2.47. The number of aryl methyl sites for hydroxylation is 1. The molecule has 1 aromatic heterocycles. The normalized spacial score (nSPS) is 10.5. The largest absolute Gasteiger partial charge is 0.382 e. The number of benzene rings is 1. The molecule has 0 bridgehead atoms. The van der Waals surface area contributed by atoms with Gasteiger partial charge in [-0.2, -0.15) is 0 Å². The van der Waals surface area contributed by atoms with Gasteiger partial charge in [-0.3, -0.25) is 0 Å². The second-order valence-electron chi connectivity index (χ2n) is 3.44. The molecule has 15 heavy (non-hydrogen) atoms. The Morgan fingerprint density at radius 1 is 1.27 bits per heavy atom. The van der Waals surface area contributed by atoms with Crippen LogP contribution in [0.25, 0.3) is 11.3 Å². The van der Waals surface area contributed by atoms with Crippen molar-refractivity contribution in [1.29, 1.82) is 0 Å². The van der Waals surface area contributed by atoms with E-state index in [1.807, 2.05) is 12.1 Å². The molecule has 0 fully saturated rings. The van der Waals surface area contributed by atoms with E-state index in [1.165, 1.54) is 16.6 Å². The number of anilines is 1. The van der Waals surface area contributed by atoms with Gasteiger partial charge < -0.3 is 11.6 Å². The van der Waals surface area contributed by atoms with Gasteiger partial charge >= 0.3 is 0 Å². The number of nitrogens with zero attached hydrogens (tertiary/aromatic N) is 2. The van der Waals surface area contributed by atoms with Gasteiger partial charge in [0.2, 0.25) is 0 Å². The fourth-order valence-electron chi connectivity index (χ4n) is 1.49. The lowest BCUT2D eigenvalue weighted by Gasteiger charge is -2.01. The zero-order valence-electron chi connectivity index (χ0n) is 8.64. The molecule has 4 nitrogen and oxygen atoms in total. The van der Waals surface area contributed by atoms with E-state index in [-0.39, 0.29) is 0 Å². The summed E-state index contributed by atoms with van der Waals surface area (Å²) in [6, 6.07) is 8.17. The molecular formula is C11H14N4. The van der Waals surface area contributed by atoms with Gasteiger partial charge in [0.25, 0.3) is 0 Å². The maximum absolute atomic E-state index is 5.78. The second-order valence-corrected chi connectivity index (χ2v) is 3.44. The molecule has 1 heterocycles. The average Bonchev–Trinajstić information content (AvgIpc) is 2.60. The lowest BCUT2D eigenvalue weighted by molar-refractivity contribution is 1.01. The van der Waals surface area contributed by atoms with Crippen LogP contribution in [0.15, 0.2) is 30.6 Å². The maximum Gasteiger partial charge on any atom is 0.150 e. The summed E-state index contributed by atoms with van der Waals surface area (Å²) in [6.07, 6.45) is 2.54. The Bertz CT molecular complexity index is 456. The Hall–Kier alpha value is -1.97. The molecule has 78 valence electrons. The smallest absolute Gasteiger partial charge is 0.150 e. The van der Waals surface area contributed by atoms with Crippen molar-refractivity contribution in [3.63, 3.8) is 0 Å². The Morgan fingerprint density at radius 2 is 1.93 bits per heavy atom. The molecule has 2 aromatic rings. The lowest BCUT2D eigenvalue weighted by atomic mass is 10.1. The zero-order valence-corrected chi connectivity index (χ0v) is 8.64. The fraction of sp³-hybridized carbons (Fsp3) is 0.182. The van der Waals surface area contributed by atoms with Crippen LogP contribution < -0.4 is 11.6 Å². The van der Waals surface area contributed by atoms with Gasteiger partial charge in [0.05, 0.1) is 0 Å². The van der Waals surface area contributed by atoms with E-state index in [9.17, 15) is 0 Å². The van der Waals surface area contributed by atoms with Crippen molar-refractivity contribution in [2.24, 2.45) is 0 Å². The summed E-state index contributed by atoms with van der Waals surface area (Å²) in [5.41, 5.74) is 8.81. The molecule has 0 aliphatic heterocycles. The number of aromatic nitrogens is 2. The minimum absolute atomic E-state index is 0.485. The highest BCUT2D eigenvalue weighted by Gasteiger charge is 2.07. The quantitative estimate of drug-likeness (QED) is 0.723. The molecule has 0 radical (unpaired) electrons. The Labute approximate surface area is 88.5 Å². The van der Waals surface area contributed by atoms with Gasteiger partial charge in [-0.25, -0.2) is 9.66 Å². The molecule has 0 aliphatic rings. The highest BCUT2D eigenvalue weighted by molar-refractivity contribution is 5.70. The van der Waals surface area contributed by atoms with Gasteiger partial charge in [0.15, 0.2) is 0 Å². The van der Waals surface area contributed by atoms with E-state index in [4.69, 9.17) is 11.6 Å². The first kappa shape index (κ1) is 9.58. The van der Waals surface area contributed by atoms with Crippen molar-refractivity contribution in [2.75, 3.05) is 11.6 Å². The molecular weight excluding hydrogens is 188 g/mol. The van der Waals surface area contributed by atoms with E-state index in [2.05, 4.69) is 24.0 Å². The zero-order chi connectivity index (χ0) is 10.8. The first-order valence-corrected chi connectivity index (χ1v) is 4.89. The standard InChI is InChI=1S/C11H14N4/c1-2-8-3-5-9(6-4-8)10-11(12)15(13)7-14-10/h3-7H,2,12-13H2,1H3. The number of nitrogen functional groups attached to an aromatic ring is 2. The van der Waals surface area contributed by atoms with E-state index < -0.39 is 0 Å². The first-order valence-electron chi connectivity index (χ1n) is 4.89. The molecule has 1 aromatic carbocycles. The van der Waals surface area contributed by atoms with E-state index in [1.54, 1.807) is 0 Å². The molecule has 0 saturated heterocycles. The highest BCUT2D eigenvalue weighted by atomic mass is 15.3. The van der Waals surface area contributed by atoms with Gasteiger partial charge in [0.1, 0.15) is 17.8 Å². The summed E-state index contributed by atoms with van der Waals surface area (Å²) in [5.74, 6) is 6.05. The van der Waals surface area contributed by atoms with Crippen LogP contribution in [0.2, 0.25) is 0 Å². The highest BCUT2D eigenvalue weighted by Crippen LogP contribution is 2.23. The van der Waals surface area contributed by atoms with Crippen LogP contribution in [0.3, 0.4) is 0 Å². The minimum Gasteiger partial charge on any atom is -0.382 e. The van der Waals surface area contributed by atoms with Crippen LogP contribution in [-0.4, -0.2) is 9.66 Å². The maximum atomic E-state index is 5.78. The number of hydrogen-bond donors (Lipinski definition) is 2. The third-order valence-corrected chi connectivity index (χ3v) is 2.47. The van der Waals surface area contributed by atoms with Crippen LogP contribution in [0.1, 0.15) is 12.5 Å². The van der Waals surface area contributed by atoms with Crippen LogP contribution in [0.5, 0.6) is 0 Å². The fourth-order valence-corrected chi connectivity index (χ4v) is 1.49. The number of rotatable bonds is 2. The second kappa shape index (κ2) is 3.65. The topological polar surface area (TPSA) is 69.9 Å². The van der Waals surface area contributed by atoms with Gasteiger partial charge in [-0.1, -0.05) is 31.2 Å². The van der Waals surface area contributed by atoms with Crippen molar-refractivity contribution >= 4 is 5.82 Å². The predicted octanol–water partition coefficient (Wildman–Crippen LogP) is 1.41. The van der Waals surface area contributed by atoms with Crippen molar-refractivity contribution in [3.8, 4) is 11.3 Å². The number of imidazole rings is 1. The third kappa shape index (κ3) is 1.66. The summed E-state index contributed by atoms with van der Waals surface area (Å²) in [6.45, 7) is 2.12. The summed E-state index contributed by atoms with van der Waals surface area (Å²) >= 11 is 0. The van der Waals surface area contributed by atoms with Gasteiger partial charge in [0, 0.05) is 5.56 Å². The van der Waals surface area contributed by atoms with Crippen molar-refractivity contribution in [2.45, 2.75) is 13.3 Å². The number of hydrogen-bond acceptors (Lipinski definition) is 3. The van der Waals surface area contributed by atoms with E-state index in [0.717, 1.165) is 17.7 Å². The molecule has 4 heteroatoms. The van der Waals surface area contributed by atoms with Crippen LogP contribution in [-0.2, 0) is 6.42 Å². The monoisotopic (exact) mass is 202 g/mol. The average molecular weight is 202 g/mol.